The lowest BCUT2D eigenvalue weighted by Crippen LogP contribution is -2.74. The Kier molecular flexibility index (Phi) is 7.71. The number of aromatic hydroxyl groups is 1. The minimum Gasteiger partial charge on any atom is -0.507 e. The Bertz CT molecular complexity index is 1440. The summed E-state index contributed by atoms with van der Waals surface area (Å²) in [6, 6.07) is 0.470. The summed E-state index contributed by atoms with van der Waals surface area (Å²) in [6.07, 6.45) is 2.70. The third-order valence-electron chi connectivity index (χ3n) is 8.46. The molecular formula is C30H38N4O8. The molecule has 0 radical (unpaired) electrons. The van der Waals surface area contributed by atoms with E-state index in [1.807, 2.05) is 20.8 Å². The lowest BCUT2D eigenvalue weighted by molar-refractivity contribution is -0.181. The molecule has 12 heteroatoms. The highest BCUT2D eigenvalue weighted by Crippen LogP contribution is 2.52. The number of likely N-dealkylation sites (N-methyl/N-ethyl adjacent to an activating group) is 1. The second-order valence-electron chi connectivity index (χ2n) is 12.9. The van der Waals surface area contributed by atoms with Gasteiger partial charge in [-0.15, -0.1) is 0 Å². The van der Waals surface area contributed by atoms with Gasteiger partial charge in [0.25, 0.3) is 0 Å². The SMILES string of the molecule is CN(C)c1cc(C=CC(=O)NC(C)(C)C)c(O)c2c1C[C@H]1C[C@H]3[C@H](N(C)C)C(=O)C(C(N)=O)C(=O)[C@@]3(O)C(=O)C1C2=O. The molecule has 226 valence electrons. The number of phenolic OH excluding ortho intramolecular Hbond substituents is 1. The van der Waals surface area contributed by atoms with Gasteiger partial charge in [-0.2, -0.15) is 0 Å². The van der Waals surface area contributed by atoms with Crippen LogP contribution in [0.5, 0.6) is 5.75 Å². The van der Waals surface area contributed by atoms with Crippen LogP contribution in [0.2, 0.25) is 0 Å². The zero-order chi connectivity index (χ0) is 31.6. The molecule has 1 aromatic rings. The summed E-state index contributed by atoms with van der Waals surface area (Å²) < 4.78 is 0. The number of amides is 2. The van der Waals surface area contributed by atoms with E-state index in [0.29, 0.717) is 11.3 Å². The van der Waals surface area contributed by atoms with E-state index < -0.39 is 81.6 Å². The van der Waals surface area contributed by atoms with Crippen molar-refractivity contribution in [1.82, 2.24) is 10.2 Å². The van der Waals surface area contributed by atoms with Crippen LogP contribution in [-0.4, -0.2) is 95.4 Å². The molecule has 42 heavy (non-hydrogen) atoms. The summed E-state index contributed by atoms with van der Waals surface area (Å²) in [6.45, 7) is 5.44. The second-order valence-corrected chi connectivity index (χ2v) is 12.9. The average molecular weight is 583 g/mol. The molecule has 2 amide bonds. The fourth-order valence-corrected chi connectivity index (χ4v) is 6.78. The van der Waals surface area contributed by atoms with Crippen LogP contribution in [0.15, 0.2) is 12.1 Å². The van der Waals surface area contributed by atoms with Crippen LogP contribution in [0, 0.1) is 23.7 Å². The maximum absolute atomic E-state index is 14.1. The summed E-state index contributed by atoms with van der Waals surface area (Å²) in [5.41, 5.74) is 3.15. The molecule has 4 rings (SSSR count). The van der Waals surface area contributed by atoms with Gasteiger partial charge < -0.3 is 26.2 Å². The first-order valence-electron chi connectivity index (χ1n) is 13.7. The topological polar surface area (TPSA) is 187 Å². The predicted molar refractivity (Wildman–Crippen MR) is 153 cm³/mol. The number of anilines is 1. The number of fused-ring (bicyclic) bond motifs is 3. The molecular weight excluding hydrogens is 544 g/mol. The van der Waals surface area contributed by atoms with Crippen molar-refractivity contribution in [3.05, 3.63) is 28.8 Å². The van der Waals surface area contributed by atoms with Crippen LogP contribution in [0.4, 0.5) is 5.69 Å². The summed E-state index contributed by atoms with van der Waals surface area (Å²) in [7, 11) is 6.57. The number of benzene rings is 1. The monoisotopic (exact) mass is 582 g/mol. The number of rotatable bonds is 5. The Labute approximate surface area is 243 Å². The van der Waals surface area contributed by atoms with Gasteiger partial charge in [0.1, 0.15) is 5.75 Å². The van der Waals surface area contributed by atoms with Crippen molar-refractivity contribution in [1.29, 1.82) is 0 Å². The van der Waals surface area contributed by atoms with Crippen molar-refractivity contribution in [3.63, 3.8) is 0 Å². The summed E-state index contributed by atoms with van der Waals surface area (Å²) in [5, 5.41) is 25.8. The zero-order valence-electron chi connectivity index (χ0n) is 24.8. The Morgan fingerprint density at radius 1 is 1.10 bits per heavy atom. The van der Waals surface area contributed by atoms with Gasteiger partial charge >= 0.3 is 0 Å². The van der Waals surface area contributed by atoms with Gasteiger partial charge in [-0.1, -0.05) is 0 Å². The van der Waals surface area contributed by atoms with Crippen molar-refractivity contribution in [2.75, 3.05) is 33.1 Å². The molecule has 0 saturated heterocycles. The summed E-state index contributed by atoms with van der Waals surface area (Å²) in [5.74, 6) is -11.6. The van der Waals surface area contributed by atoms with Gasteiger partial charge in [-0.3, -0.25) is 33.7 Å². The number of ketones is 4. The van der Waals surface area contributed by atoms with Gasteiger partial charge in [-0.25, -0.2) is 0 Å². The minimum absolute atomic E-state index is 0.0356. The van der Waals surface area contributed by atoms with Crippen LogP contribution in [0.25, 0.3) is 6.08 Å². The number of hydrogen-bond acceptors (Lipinski definition) is 10. The first-order valence-corrected chi connectivity index (χ1v) is 13.7. The van der Waals surface area contributed by atoms with Gasteiger partial charge in [0, 0.05) is 42.9 Å². The lowest BCUT2D eigenvalue weighted by Gasteiger charge is -2.52. The van der Waals surface area contributed by atoms with E-state index in [1.54, 1.807) is 25.1 Å². The number of nitrogens with one attached hydrogen (secondary N) is 1. The number of carbonyl (C=O) groups excluding carboxylic acids is 6. The van der Waals surface area contributed by atoms with Crippen LogP contribution < -0.4 is 16.0 Å². The maximum atomic E-state index is 14.1. The number of hydrogen-bond donors (Lipinski definition) is 4. The quantitative estimate of drug-likeness (QED) is 0.269. The fraction of sp³-hybridized carbons (Fsp3) is 0.533. The number of nitrogens with zero attached hydrogens (tertiary/aromatic N) is 2. The number of aliphatic hydroxyl groups is 1. The lowest BCUT2D eigenvalue weighted by atomic mass is 9.52. The van der Waals surface area contributed by atoms with E-state index in [2.05, 4.69) is 5.32 Å². The minimum atomic E-state index is -2.79. The van der Waals surface area contributed by atoms with E-state index in [-0.39, 0.29) is 24.0 Å². The first kappa shape index (κ1) is 31.0. The van der Waals surface area contributed by atoms with E-state index in [0.717, 1.165) is 0 Å². The van der Waals surface area contributed by atoms with Crippen molar-refractivity contribution in [2.24, 2.45) is 29.4 Å². The normalized spacial score (nSPS) is 29.3. The molecule has 2 unspecified atom stereocenters. The molecule has 0 bridgehead atoms. The smallest absolute Gasteiger partial charge is 0.244 e. The van der Waals surface area contributed by atoms with Crippen LogP contribution in [0.1, 0.15) is 48.7 Å². The van der Waals surface area contributed by atoms with Crippen LogP contribution in [0.3, 0.4) is 0 Å². The molecule has 12 nitrogen and oxygen atoms in total. The Hall–Kier alpha value is -3.90. The van der Waals surface area contributed by atoms with Gasteiger partial charge in [-0.05, 0) is 71.3 Å². The van der Waals surface area contributed by atoms with E-state index in [4.69, 9.17) is 5.73 Å². The number of Topliss-reactive ketones (excluding diaryl/α,β-unsaturated/α-hetero) is 4. The standard InChI is InChI=1S/C30H38N4O8/c1-29(2,3)32-18(35)9-8-13-12-17(33(4)5)15-10-14-11-16-22(34(6)7)25(38)21(28(31)41)27(40)30(16,42)26(39)19(14)24(37)20(15)23(13)36/h8-9,12,14,16,19,21-22,36,42H,10-11H2,1-7H3,(H2,31,41)(H,32,35)/t14-,16-,19?,21?,22-,30-/m0/s1. The number of nitrogens with two attached hydrogens (primary N) is 1. The summed E-state index contributed by atoms with van der Waals surface area (Å²) in [4.78, 5) is 82.5. The number of carbonyl (C=O) groups is 6. The van der Waals surface area contributed by atoms with Gasteiger partial charge in [0.05, 0.1) is 17.5 Å². The highest BCUT2D eigenvalue weighted by molar-refractivity contribution is 6.32. The molecule has 3 aliphatic rings. The zero-order valence-corrected chi connectivity index (χ0v) is 24.8. The second kappa shape index (κ2) is 10.4. The molecule has 1 aromatic carbocycles. The van der Waals surface area contributed by atoms with Gasteiger partial charge in [0.2, 0.25) is 11.8 Å². The summed E-state index contributed by atoms with van der Waals surface area (Å²) >= 11 is 0. The Morgan fingerprint density at radius 3 is 2.24 bits per heavy atom. The third kappa shape index (κ3) is 4.82. The average Bonchev–Trinajstić information content (AvgIpc) is 2.84. The van der Waals surface area contributed by atoms with E-state index in [1.165, 1.54) is 31.1 Å². The number of phenols is 1. The first-order chi connectivity index (χ1) is 19.3. The van der Waals surface area contributed by atoms with Crippen molar-refractivity contribution < 1.29 is 39.0 Å². The molecule has 3 aliphatic carbocycles. The fourth-order valence-electron chi connectivity index (χ4n) is 6.78. The van der Waals surface area contributed by atoms with Crippen LogP contribution >= 0.6 is 0 Å². The molecule has 6 atom stereocenters. The molecule has 0 aromatic heterocycles. The maximum Gasteiger partial charge on any atom is 0.244 e. The van der Waals surface area contributed by atoms with E-state index in [9.17, 15) is 39.0 Å². The predicted octanol–water partition coefficient (Wildman–Crippen LogP) is -0.139. The molecule has 0 aliphatic heterocycles. The molecule has 5 N–H and O–H groups in total. The van der Waals surface area contributed by atoms with Crippen molar-refractivity contribution in [3.8, 4) is 5.75 Å². The van der Waals surface area contributed by atoms with Crippen molar-refractivity contribution in [2.45, 2.75) is 50.8 Å². The highest BCUT2D eigenvalue weighted by Gasteiger charge is 2.69. The third-order valence-corrected chi connectivity index (χ3v) is 8.46. The number of primary amides is 1. The Balaban J connectivity index is 1.84. The van der Waals surface area contributed by atoms with Crippen LogP contribution in [-0.2, 0) is 30.4 Å². The molecule has 0 spiro atoms. The molecule has 2 fully saturated rings. The van der Waals surface area contributed by atoms with Gasteiger partial charge in [0.15, 0.2) is 34.7 Å². The van der Waals surface area contributed by atoms with Crippen molar-refractivity contribution >= 4 is 46.7 Å². The largest absolute Gasteiger partial charge is 0.507 e. The highest BCUT2D eigenvalue weighted by atomic mass is 16.3. The Morgan fingerprint density at radius 2 is 1.71 bits per heavy atom. The molecule has 2 saturated carbocycles. The molecule has 0 heterocycles. The van der Waals surface area contributed by atoms with E-state index >= 15 is 0 Å².